The Kier molecular flexibility index (Phi) is 4.89. The lowest BCUT2D eigenvalue weighted by Gasteiger charge is -2.28. The summed E-state index contributed by atoms with van der Waals surface area (Å²) in [7, 11) is 0. The number of urea groups is 1. The van der Waals surface area contributed by atoms with Gasteiger partial charge in [0.15, 0.2) is 0 Å². The maximum atomic E-state index is 12.0. The fourth-order valence-electron chi connectivity index (χ4n) is 3.51. The molecule has 20 heavy (non-hydrogen) atoms. The fraction of sp³-hybridized carbons (Fsp3) is 0.867. The average molecular weight is 282 g/mol. The van der Waals surface area contributed by atoms with Crippen molar-refractivity contribution >= 4 is 12.0 Å². The quantitative estimate of drug-likeness (QED) is 0.743. The molecule has 0 saturated heterocycles. The Morgan fingerprint density at radius 3 is 2.40 bits per heavy atom. The first-order valence-corrected chi connectivity index (χ1v) is 7.77. The first-order chi connectivity index (χ1) is 9.47. The second kappa shape index (κ2) is 6.46. The molecule has 0 aromatic carbocycles. The van der Waals surface area contributed by atoms with Gasteiger partial charge in [-0.05, 0) is 43.9 Å². The topological polar surface area (TPSA) is 78.4 Å². The number of amides is 2. The summed E-state index contributed by atoms with van der Waals surface area (Å²) in [4.78, 5) is 23.0. The summed E-state index contributed by atoms with van der Waals surface area (Å²) >= 11 is 0. The van der Waals surface area contributed by atoms with E-state index in [1.807, 2.05) is 0 Å². The molecule has 0 radical (unpaired) electrons. The smallest absolute Gasteiger partial charge is 0.315 e. The van der Waals surface area contributed by atoms with Crippen molar-refractivity contribution in [3.8, 4) is 0 Å². The van der Waals surface area contributed by atoms with Crippen molar-refractivity contribution in [1.82, 2.24) is 10.6 Å². The summed E-state index contributed by atoms with van der Waals surface area (Å²) in [5, 5.41) is 15.1. The van der Waals surface area contributed by atoms with Gasteiger partial charge >= 0.3 is 12.0 Å². The van der Waals surface area contributed by atoms with Crippen LogP contribution in [0.1, 0.15) is 52.4 Å². The first kappa shape index (κ1) is 15.1. The van der Waals surface area contributed by atoms with Gasteiger partial charge in [0.25, 0.3) is 0 Å². The number of carbonyl (C=O) groups excluding carboxylic acids is 1. The molecule has 0 heterocycles. The third-order valence-electron chi connectivity index (χ3n) is 5.14. The Balaban J connectivity index is 1.78. The number of hydrogen-bond donors (Lipinski definition) is 3. The molecule has 0 aromatic heterocycles. The van der Waals surface area contributed by atoms with E-state index in [-0.39, 0.29) is 24.0 Å². The Morgan fingerprint density at radius 1 is 1.05 bits per heavy atom. The third-order valence-corrected chi connectivity index (χ3v) is 5.14. The van der Waals surface area contributed by atoms with Gasteiger partial charge in [-0.2, -0.15) is 0 Å². The Hall–Kier alpha value is -1.26. The lowest BCUT2D eigenvalue weighted by Crippen LogP contribution is -2.48. The normalized spacial score (nSPS) is 37.4. The van der Waals surface area contributed by atoms with Crippen LogP contribution in [0.25, 0.3) is 0 Å². The predicted molar refractivity (Wildman–Crippen MR) is 76.4 cm³/mol. The van der Waals surface area contributed by atoms with E-state index in [2.05, 4.69) is 24.5 Å². The third kappa shape index (κ3) is 3.64. The number of carbonyl (C=O) groups is 2. The van der Waals surface area contributed by atoms with Gasteiger partial charge < -0.3 is 15.7 Å². The molecule has 0 aromatic rings. The molecule has 5 atom stereocenters. The van der Waals surface area contributed by atoms with Gasteiger partial charge in [0, 0.05) is 12.1 Å². The zero-order valence-electron chi connectivity index (χ0n) is 12.4. The first-order valence-electron chi connectivity index (χ1n) is 7.77. The van der Waals surface area contributed by atoms with Crippen LogP contribution in [-0.2, 0) is 4.79 Å². The molecule has 114 valence electrons. The summed E-state index contributed by atoms with van der Waals surface area (Å²) < 4.78 is 0. The summed E-state index contributed by atoms with van der Waals surface area (Å²) in [5.41, 5.74) is 0. The van der Waals surface area contributed by atoms with E-state index in [9.17, 15) is 9.59 Å². The molecular formula is C15H26N2O3. The molecule has 2 aliphatic rings. The number of aliphatic carboxylic acids is 1. The van der Waals surface area contributed by atoms with Crippen LogP contribution in [0, 0.1) is 17.8 Å². The molecule has 5 unspecified atom stereocenters. The van der Waals surface area contributed by atoms with E-state index in [4.69, 9.17) is 5.11 Å². The molecule has 2 rings (SSSR count). The number of carboxylic acids is 1. The van der Waals surface area contributed by atoms with Crippen molar-refractivity contribution in [2.24, 2.45) is 17.8 Å². The largest absolute Gasteiger partial charge is 0.481 e. The monoisotopic (exact) mass is 282 g/mol. The zero-order valence-corrected chi connectivity index (χ0v) is 12.4. The van der Waals surface area contributed by atoms with Crippen molar-refractivity contribution in [2.75, 3.05) is 0 Å². The summed E-state index contributed by atoms with van der Waals surface area (Å²) in [6, 6.07) is 0.120. The Labute approximate surface area is 120 Å². The minimum atomic E-state index is -0.741. The summed E-state index contributed by atoms with van der Waals surface area (Å²) in [5.74, 6) is 0.125. The van der Waals surface area contributed by atoms with Crippen LogP contribution in [-0.4, -0.2) is 29.2 Å². The van der Waals surface area contributed by atoms with Gasteiger partial charge in [-0.15, -0.1) is 0 Å². The van der Waals surface area contributed by atoms with Gasteiger partial charge in [0.1, 0.15) is 0 Å². The van der Waals surface area contributed by atoms with Crippen LogP contribution in [0.3, 0.4) is 0 Å². The number of carboxylic acid groups (broad SMARTS) is 1. The van der Waals surface area contributed by atoms with Gasteiger partial charge in [0.05, 0.1) is 5.92 Å². The second-order valence-corrected chi connectivity index (χ2v) is 6.54. The zero-order chi connectivity index (χ0) is 14.7. The molecule has 0 aliphatic heterocycles. The highest BCUT2D eigenvalue weighted by Crippen LogP contribution is 2.31. The van der Waals surface area contributed by atoms with E-state index in [1.165, 1.54) is 0 Å². The maximum absolute atomic E-state index is 12.0. The number of rotatable bonds is 3. The van der Waals surface area contributed by atoms with Crippen LogP contribution < -0.4 is 10.6 Å². The maximum Gasteiger partial charge on any atom is 0.315 e. The van der Waals surface area contributed by atoms with E-state index in [0.717, 1.165) is 32.1 Å². The molecule has 2 saturated carbocycles. The van der Waals surface area contributed by atoms with Gasteiger partial charge in [0.2, 0.25) is 0 Å². The molecular weight excluding hydrogens is 256 g/mol. The van der Waals surface area contributed by atoms with Crippen LogP contribution in [0.2, 0.25) is 0 Å². The van der Waals surface area contributed by atoms with Gasteiger partial charge in [-0.3, -0.25) is 4.79 Å². The minimum Gasteiger partial charge on any atom is -0.481 e. The minimum absolute atomic E-state index is 0.000942. The Morgan fingerprint density at radius 2 is 1.80 bits per heavy atom. The highest BCUT2D eigenvalue weighted by atomic mass is 16.4. The van der Waals surface area contributed by atoms with Crippen LogP contribution in [0.4, 0.5) is 4.79 Å². The summed E-state index contributed by atoms with van der Waals surface area (Å²) in [6.45, 7) is 4.41. The van der Waals surface area contributed by atoms with E-state index < -0.39 is 5.97 Å². The van der Waals surface area contributed by atoms with Gasteiger partial charge in [-0.1, -0.05) is 20.3 Å². The highest BCUT2D eigenvalue weighted by molar-refractivity contribution is 5.75. The van der Waals surface area contributed by atoms with Crippen LogP contribution in [0.15, 0.2) is 0 Å². The number of nitrogens with one attached hydrogen (secondary N) is 2. The molecule has 0 bridgehead atoms. The van der Waals surface area contributed by atoms with Crippen molar-refractivity contribution in [3.63, 3.8) is 0 Å². The molecule has 5 nitrogen and oxygen atoms in total. The molecule has 2 fully saturated rings. The SMILES string of the molecule is CC1CCC(NC(=O)NC2CCCC(C(=O)O)C2)C1C. The van der Waals surface area contributed by atoms with E-state index >= 15 is 0 Å². The lowest BCUT2D eigenvalue weighted by molar-refractivity contribution is -0.143. The standard InChI is InChI=1S/C15H26N2O3/c1-9-6-7-13(10(9)2)17-15(20)16-12-5-3-4-11(8-12)14(18)19/h9-13H,3-8H2,1-2H3,(H,18,19)(H2,16,17,20). The molecule has 2 amide bonds. The van der Waals surface area contributed by atoms with E-state index in [0.29, 0.717) is 18.3 Å². The van der Waals surface area contributed by atoms with Crippen molar-refractivity contribution in [1.29, 1.82) is 0 Å². The molecule has 3 N–H and O–H groups in total. The summed E-state index contributed by atoms with van der Waals surface area (Å²) in [6.07, 6.45) is 5.24. The number of hydrogen-bond acceptors (Lipinski definition) is 2. The van der Waals surface area contributed by atoms with Crippen LogP contribution >= 0.6 is 0 Å². The van der Waals surface area contributed by atoms with Crippen LogP contribution in [0.5, 0.6) is 0 Å². The highest BCUT2D eigenvalue weighted by Gasteiger charge is 2.32. The fourth-order valence-corrected chi connectivity index (χ4v) is 3.51. The molecule has 5 heteroatoms. The predicted octanol–water partition coefficient (Wildman–Crippen LogP) is 2.36. The molecule has 0 spiro atoms. The Bertz CT molecular complexity index is 372. The van der Waals surface area contributed by atoms with Crippen molar-refractivity contribution in [3.05, 3.63) is 0 Å². The average Bonchev–Trinajstić information content (AvgIpc) is 2.71. The van der Waals surface area contributed by atoms with E-state index in [1.54, 1.807) is 0 Å². The van der Waals surface area contributed by atoms with Crippen molar-refractivity contribution < 1.29 is 14.7 Å². The second-order valence-electron chi connectivity index (χ2n) is 6.54. The molecule has 2 aliphatic carbocycles. The van der Waals surface area contributed by atoms with Gasteiger partial charge in [-0.25, -0.2) is 4.79 Å². The lowest BCUT2D eigenvalue weighted by atomic mass is 9.86. The van der Waals surface area contributed by atoms with Crippen molar-refractivity contribution in [2.45, 2.75) is 64.5 Å².